The highest BCUT2D eigenvalue weighted by Crippen LogP contribution is 2.29. The number of hydrogen-bond donors (Lipinski definition) is 2. The Balaban J connectivity index is 0.000000386. The molecule has 3 nitrogen and oxygen atoms in total. The molecule has 0 aliphatic heterocycles. The van der Waals surface area contributed by atoms with Crippen LogP contribution in [-0.4, -0.2) is 11.8 Å². The largest absolute Gasteiger partial charge is 0.399 e. The van der Waals surface area contributed by atoms with Gasteiger partial charge in [-0.05, 0) is 97.0 Å². The van der Waals surface area contributed by atoms with Gasteiger partial charge in [0.25, 0.3) is 0 Å². The van der Waals surface area contributed by atoms with E-state index in [1.165, 1.54) is 22.3 Å². The fourth-order valence-corrected chi connectivity index (χ4v) is 5.24. The van der Waals surface area contributed by atoms with Crippen molar-refractivity contribution in [3.05, 3.63) is 125 Å². The van der Waals surface area contributed by atoms with Crippen LogP contribution in [0.3, 0.4) is 0 Å². The number of Topliss-reactive ketones (excluding diaryl/α,β-unsaturated/α-hetero) is 1. The number of rotatable bonds is 6. The van der Waals surface area contributed by atoms with Crippen LogP contribution in [-0.2, 0) is 18.3 Å². The van der Waals surface area contributed by atoms with Crippen LogP contribution >= 0.6 is 0 Å². The molecule has 0 fully saturated rings. The maximum atomic E-state index is 11.7. The van der Waals surface area contributed by atoms with Crippen LogP contribution in [0.1, 0.15) is 103 Å². The average molecular weight is 581 g/mol. The highest BCUT2D eigenvalue weighted by atomic mass is 16.1. The Morgan fingerprint density at radius 3 is 1.88 bits per heavy atom. The summed E-state index contributed by atoms with van der Waals surface area (Å²) in [6, 6.07) is 22.8. The van der Waals surface area contributed by atoms with Crippen molar-refractivity contribution < 1.29 is 4.79 Å². The minimum absolute atomic E-state index is 0.107. The van der Waals surface area contributed by atoms with E-state index in [1.807, 2.05) is 65.0 Å². The van der Waals surface area contributed by atoms with E-state index in [9.17, 15) is 4.79 Å². The quantitative estimate of drug-likeness (QED) is 0.173. The van der Waals surface area contributed by atoms with Crippen molar-refractivity contribution in [1.82, 2.24) is 5.32 Å². The molecule has 232 valence electrons. The number of benzene rings is 3. The minimum atomic E-state index is 0.107. The van der Waals surface area contributed by atoms with Crippen molar-refractivity contribution >= 4 is 11.5 Å². The van der Waals surface area contributed by atoms with E-state index >= 15 is 0 Å². The molecule has 1 aliphatic rings. The first kappa shape index (κ1) is 37.2. The lowest BCUT2D eigenvalue weighted by Gasteiger charge is -2.20. The van der Waals surface area contributed by atoms with E-state index < -0.39 is 0 Å². The van der Waals surface area contributed by atoms with Crippen LogP contribution in [0.25, 0.3) is 11.1 Å². The van der Waals surface area contributed by atoms with Gasteiger partial charge in [0, 0.05) is 23.0 Å². The zero-order valence-corrected chi connectivity index (χ0v) is 28.7. The highest BCUT2D eigenvalue weighted by Gasteiger charge is 2.22. The minimum Gasteiger partial charge on any atom is -0.399 e. The van der Waals surface area contributed by atoms with E-state index in [2.05, 4.69) is 89.5 Å². The summed E-state index contributed by atoms with van der Waals surface area (Å²) >= 11 is 0. The summed E-state index contributed by atoms with van der Waals surface area (Å²) in [7, 11) is 0. The van der Waals surface area contributed by atoms with Crippen molar-refractivity contribution in [3.63, 3.8) is 0 Å². The van der Waals surface area contributed by atoms with Crippen molar-refractivity contribution in [2.75, 3.05) is 5.73 Å². The Hall–Kier alpha value is -3.85. The third kappa shape index (κ3) is 10.7. The lowest BCUT2D eigenvalue weighted by atomic mass is 9.86. The van der Waals surface area contributed by atoms with Gasteiger partial charge in [-0.15, -0.1) is 0 Å². The molecule has 1 aliphatic carbocycles. The molecule has 4 rings (SSSR count). The maximum absolute atomic E-state index is 11.7. The third-order valence-corrected chi connectivity index (χ3v) is 7.14. The van der Waals surface area contributed by atoms with Crippen LogP contribution < -0.4 is 11.1 Å². The smallest absolute Gasteiger partial charge is 0.160 e. The first-order valence-corrected chi connectivity index (χ1v) is 15.6. The summed E-state index contributed by atoms with van der Waals surface area (Å²) in [5.41, 5.74) is 18.2. The number of anilines is 1. The number of allylic oxidation sites excluding steroid dienone is 2. The van der Waals surface area contributed by atoms with Crippen molar-refractivity contribution in [3.8, 4) is 11.1 Å². The molecule has 1 atom stereocenters. The Labute approximate surface area is 263 Å². The van der Waals surface area contributed by atoms with Crippen LogP contribution in [0, 0.1) is 0 Å². The molecule has 0 saturated carbocycles. The average Bonchev–Trinajstić information content (AvgIpc) is 3.36. The van der Waals surface area contributed by atoms with Crippen molar-refractivity contribution in [2.45, 2.75) is 100 Å². The van der Waals surface area contributed by atoms with E-state index in [4.69, 9.17) is 5.73 Å². The predicted octanol–water partition coefficient (Wildman–Crippen LogP) is 10.7. The van der Waals surface area contributed by atoms with Crippen LogP contribution in [0.4, 0.5) is 5.69 Å². The molecule has 3 N–H and O–H groups in total. The molecule has 0 aromatic heterocycles. The van der Waals surface area contributed by atoms with Gasteiger partial charge in [-0.1, -0.05) is 122 Å². The highest BCUT2D eigenvalue weighted by molar-refractivity contribution is 6.00. The van der Waals surface area contributed by atoms with Crippen LogP contribution in [0.15, 0.2) is 102 Å². The van der Waals surface area contributed by atoms with Gasteiger partial charge in [0.2, 0.25) is 0 Å². The standard InChI is InChI=1S/C18H24N2.C18H20O.2C2H6/c1-11(2)18(12(3)4)13(5)20-17-9-14-6-7-16(19)8-15(14)10-17;1-13(19)16-7-5-6-8-17(16)14-9-11-15(12-10-14)18(2,3)4;2*1-2/h6-8,17,20H,1,5,9-10,19H2,2-4H3;5-12H,1-4H3;2*1-2H3. The summed E-state index contributed by atoms with van der Waals surface area (Å²) in [6.45, 7) is 30.7. The summed E-state index contributed by atoms with van der Waals surface area (Å²) in [4.78, 5) is 11.7. The van der Waals surface area contributed by atoms with Crippen molar-refractivity contribution in [2.24, 2.45) is 0 Å². The molecule has 0 bridgehead atoms. The van der Waals surface area contributed by atoms with Gasteiger partial charge in [0.05, 0.1) is 0 Å². The predicted molar refractivity (Wildman–Crippen MR) is 191 cm³/mol. The fraction of sp³-hybridized carbons (Fsp3) is 0.375. The molecule has 3 heteroatoms. The number of fused-ring (bicyclic) bond motifs is 1. The van der Waals surface area contributed by atoms with Gasteiger partial charge >= 0.3 is 0 Å². The molecular formula is C40H56N2O. The van der Waals surface area contributed by atoms with E-state index in [0.717, 1.165) is 52.1 Å². The SMILES string of the molecule is C=C(C)C(C(=C)NC1Cc2ccc(N)cc2C1)=C(C)C.CC.CC.CC(=O)c1ccccc1-c1ccc(C(C)(C)C)cc1. The lowest BCUT2D eigenvalue weighted by Crippen LogP contribution is -2.29. The van der Waals surface area contributed by atoms with Crippen molar-refractivity contribution in [1.29, 1.82) is 0 Å². The lowest BCUT2D eigenvalue weighted by molar-refractivity contribution is 0.101. The molecule has 0 amide bonds. The number of hydrogen-bond acceptors (Lipinski definition) is 3. The second kappa shape index (κ2) is 17.3. The Morgan fingerprint density at radius 1 is 0.814 bits per heavy atom. The second-order valence-electron chi connectivity index (χ2n) is 11.8. The number of nitrogens with two attached hydrogens (primary N) is 1. The second-order valence-corrected chi connectivity index (χ2v) is 11.8. The van der Waals surface area contributed by atoms with Gasteiger partial charge in [-0.2, -0.15) is 0 Å². The summed E-state index contributed by atoms with van der Waals surface area (Å²) < 4.78 is 0. The first-order valence-electron chi connectivity index (χ1n) is 15.6. The molecule has 43 heavy (non-hydrogen) atoms. The molecule has 1 unspecified atom stereocenters. The zero-order valence-electron chi connectivity index (χ0n) is 28.7. The van der Waals surface area contributed by atoms with Crippen LogP contribution in [0.5, 0.6) is 0 Å². The molecule has 0 radical (unpaired) electrons. The van der Waals surface area contributed by atoms with E-state index in [0.29, 0.717) is 6.04 Å². The first-order chi connectivity index (χ1) is 20.3. The van der Waals surface area contributed by atoms with E-state index in [-0.39, 0.29) is 11.2 Å². The molecule has 0 spiro atoms. The third-order valence-electron chi connectivity index (χ3n) is 7.14. The number of nitrogen functional groups attached to an aromatic ring is 1. The Bertz CT molecular complexity index is 1400. The zero-order chi connectivity index (χ0) is 32.9. The van der Waals surface area contributed by atoms with E-state index in [1.54, 1.807) is 6.92 Å². The summed E-state index contributed by atoms with van der Waals surface area (Å²) in [5, 5.41) is 3.55. The number of ketones is 1. The number of carbonyl (C=O) groups is 1. The maximum Gasteiger partial charge on any atom is 0.160 e. The molecule has 3 aromatic rings. The molecular weight excluding hydrogens is 524 g/mol. The van der Waals surface area contributed by atoms with Gasteiger partial charge in [0.1, 0.15) is 0 Å². The monoisotopic (exact) mass is 580 g/mol. The number of carbonyl (C=O) groups excluding carboxylic acids is 1. The van der Waals surface area contributed by atoms with Gasteiger partial charge in [0.15, 0.2) is 5.78 Å². The van der Waals surface area contributed by atoms with Gasteiger partial charge in [-0.25, -0.2) is 0 Å². The number of nitrogens with one attached hydrogen (secondary N) is 1. The van der Waals surface area contributed by atoms with Gasteiger partial charge in [-0.3, -0.25) is 4.79 Å². The van der Waals surface area contributed by atoms with Gasteiger partial charge < -0.3 is 11.1 Å². The summed E-state index contributed by atoms with van der Waals surface area (Å²) in [6.07, 6.45) is 2.03. The van der Waals surface area contributed by atoms with Crippen LogP contribution in [0.2, 0.25) is 0 Å². The molecule has 0 heterocycles. The topological polar surface area (TPSA) is 55.1 Å². The Kier molecular flexibility index (Phi) is 15.0. The fourth-order valence-electron chi connectivity index (χ4n) is 5.24. The summed E-state index contributed by atoms with van der Waals surface area (Å²) in [5.74, 6) is 0.107. The normalized spacial score (nSPS) is 13.0. The Morgan fingerprint density at radius 2 is 1.37 bits per heavy atom. The molecule has 0 saturated heterocycles. The molecule has 3 aromatic carbocycles.